The van der Waals surface area contributed by atoms with Gasteiger partial charge in [-0.25, -0.2) is 0 Å². The standard InChI is InChI=1S/C20H29N3O2/c21-17-18-7-1-2-8-19(18)23-12-5-10-22(13-14-23)11-6-16-25-20-9-3-4-15-24-20/h1-2,7-8,20H,3-6,9-16H2. The lowest BCUT2D eigenvalue weighted by Crippen LogP contribution is -2.32. The quantitative estimate of drug-likeness (QED) is 0.743. The minimum atomic E-state index is 0.0239. The van der Waals surface area contributed by atoms with Gasteiger partial charge in [0, 0.05) is 32.8 Å². The third-order valence-corrected chi connectivity index (χ3v) is 5.01. The van der Waals surface area contributed by atoms with E-state index in [1.807, 2.05) is 18.2 Å². The van der Waals surface area contributed by atoms with Crippen LogP contribution in [0.4, 0.5) is 5.69 Å². The Hall–Kier alpha value is -1.61. The van der Waals surface area contributed by atoms with E-state index >= 15 is 0 Å². The molecule has 0 saturated carbocycles. The molecule has 136 valence electrons. The molecular formula is C20H29N3O2. The molecule has 2 aliphatic heterocycles. The summed E-state index contributed by atoms with van der Waals surface area (Å²) in [6.45, 7) is 6.84. The molecule has 0 amide bonds. The van der Waals surface area contributed by atoms with Crippen molar-refractivity contribution in [2.75, 3.05) is 50.8 Å². The Morgan fingerprint density at radius 3 is 2.88 bits per heavy atom. The van der Waals surface area contributed by atoms with Crippen molar-refractivity contribution < 1.29 is 9.47 Å². The van der Waals surface area contributed by atoms with Crippen LogP contribution in [-0.2, 0) is 9.47 Å². The summed E-state index contributed by atoms with van der Waals surface area (Å²) in [6.07, 6.45) is 5.63. The Bertz CT molecular complexity index is 566. The highest BCUT2D eigenvalue weighted by atomic mass is 16.7. The molecule has 0 aliphatic carbocycles. The second-order valence-electron chi connectivity index (χ2n) is 6.83. The fraction of sp³-hybridized carbons (Fsp3) is 0.650. The molecule has 2 saturated heterocycles. The Kier molecular flexibility index (Phi) is 7.10. The molecule has 5 heteroatoms. The van der Waals surface area contributed by atoms with Crippen molar-refractivity contribution in [2.24, 2.45) is 0 Å². The number of rotatable bonds is 6. The van der Waals surface area contributed by atoms with E-state index in [2.05, 4.69) is 21.9 Å². The minimum Gasteiger partial charge on any atom is -0.369 e. The van der Waals surface area contributed by atoms with Crippen molar-refractivity contribution in [2.45, 2.75) is 38.4 Å². The zero-order valence-electron chi connectivity index (χ0n) is 15.0. The first kappa shape index (κ1) is 18.2. The lowest BCUT2D eigenvalue weighted by atomic mass is 10.1. The summed E-state index contributed by atoms with van der Waals surface area (Å²) in [5.41, 5.74) is 1.85. The summed E-state index contributed by atoms with van der Waals surface area (Å²) < 4.78 is 11.4. The van der Waals surface area contributed by atoms with E-state index in [0.717, 1.165) is 76.5 Å². The van der Waals surface area contributed by atoms with Gasteiger partial charge in [0.25, 0.3) is 0 Å². The lowest BCUT2D eigenvalue weighted by molar-refractivity contribution is -0.163. The molecule has 0 aromatic heterocycles. The minimum absolute atomic E-state index is 0.0239. The molecule has 2 heterocycles. The van der Waals surface area contributed by atoms with Crippen molar-refractivity contribution in [1.82, 2.24) is 4.90 Å². The van der Waals surface area contributed by atoms with E-state index in [9.17, 15) is 5.26 Å². The third kappa shape index (κ3) is 5.43. The van der Waals surface area contributed by atoms with E-state index in [1.165, 1.54) is 12.8 Å². The Labute approximate surface area is 151 Å². The zero-order valence-corrected chi connectivity index (χ0v) is 15.0. The number of nitriles is 1. The molecule has 2 fully saturated rings. The number of nitrogens with zero attached hydrogens (tertiary/aromatic N) is 3. The van der Waals surface area contributed by atoms with Crippen molar-refractivity contribution in [3.05, 3.63) is 29.8 Å². The first-order valence-corrected chi connectivity index (χ1v) is 9.56. The summed E-state index contributed by atoms with van der Waals surface area (Å²) in [4.78, 5) is 4.87. The second kappa shape index (κ2) is 9.76. The van der Waals surface area contributed by atoms with Gasteiger partial charge in [-0.1, -0.05) is 12.1 Å². The second-order valence-corrected chi connectivity index (χ2v) is 6.83. The molecule has 0 spiro atoms. The molecule has 2 aliphatic rings. The van der Waals surface area contributed by atoms with Crippen molar-refractivity contribution in [1.29, 1.82) is 5.26 Å². The van der Waals surface area contributed by atoms with E-state index in [4.69, 9.17) is 9.47 Å². The molecule has 1 unspecified atom stereocenters. The molecule has 3 rings (SSSR count). The van der Waals surface area contributed by atoms with Crippen molar-refractivity contribution in [3.63, 3.8) is 0 Å². The molecule has 0 N–H and O–H groups in total. The Morgan fingerprint density at radius 1 is 1.12 bits per heavy atom. The molecule has 1 aromatic rings. The highest BCUT2D eigenvalue weighted by Crippen LogP contribution is 2.21. The van der Waals surface area contributed by atoms with Gasteiger partial charge in [0.15, 0.2) is 6.29 Å². The number of para-hydroxylation sites is 1. The topological polar surface area (TPSA) is 48.7 Å². The van der Waals surface area contributed by atoms with Gasteiger partial charge in [0.05, 0.1) is 17.9 Å². The predicted molar refractivity (Wildman–Crippen MR) is 98.6 cm³/mol. The highest BCUT2D eigenvalue weighted by molar-refractivity contribution is 5.59. The molecule has 1 atom stereocenters. The molecule has 0 bridgehead atoms. The van der Waals surface area contributed by atoms with Gasteiger partial charge in [0.1, 0.15) is 6.07 Å². The molecular weight excluding hydrogens is 314 g/mol. The predicted octanol–water partition coefficient (Wildman–Crippen LogP) is 3.00. The zero-order chi connectivity index (χ0) is 17.3. The van der Waals surface area contributed by atoms with E-state index in [0.29, 0.717) is 0 Å². The maximum atomic E-state index is 9.31. The van der Waals surface area contributed by atoms with E-state index in [-0.39, 0.29) is 6.29 Å². The van der Waals surface area contributed by atoms with Gasteiger partial charge >= 0.3 is 0 Å². The molecule has 25 heavy (non-hydrogen) atoms. The average molecular weight is 343 g/mol. The maximum Gasteiger partial charge on any atom is 0.157 e. The van der Waals surface area contributed by atoms with Gasteiger partial charge in [-0.05, 0) is 50.8 Å². The van der Waals surface area contributed by atoms with Crippen LogP contribution in [0, 0.1) is 11.3 Å². The van der Waals surface area contributed by atoms with Crippen LogP contribution in [0.1, 0.15) is 37.7 Å². The SMILES string of the molecule is N#Cc1ccccc1N1CCCN(CCCOC2CCCCO2)CC1. The summed E-state index contributed by atoms with van der Waals surface area (Å²) in [6, 6.07) is 10.2. The summed E-state index contributed by atoms with van der Waals surface area (Å²) >= 11 is 0. The molecule has 1 aromatic carbocycles. The Balaban J connectivity index is 1.40. The number of hydrogen-bond donors (Lipinski definition) is 0. The number of anilines is 1. The van der Waals surface area contributed by atoms with Crippen LogP contribution in [0.25, 0.3) is 0 Å². The fourth-order valence-electron chi connectivity index (χ4n) is 3.62. The monoisotopic (exact) mass is 343 g/mol. The van der Waals surface area contributed by atoms with Crippen molar-refractivity contribution >= 4 is 5.69 Å². The number of hydrogen-bond acceptors (Lipinski definition) is 5. The van der Waals surface area contributed by atoms with Crippen LogP contribution in [0.3, 0.4) is 0 Å². The van der Waals surface area contributed by atoms with Gasteiger partial charge < -0.3 is 19.3 Å². The first-order valence-electron chi connectivity index (χ1n) is 9.56. The smallest absolute Gasteiger partial charge is 0.157 e. The van der Waals surface area contributed by atoms with Gasteiger partial charge in [-0.15, -0.1) is 0 Å². The lowest BCUT2D eigenvalue weighted by Gasteiger charge is -2.25. The van der Waals surface area contributed by atoms with Crippen LogP contribution < -0.4 is 4.90 Å². The van der Waals surface area contributed by atoms with E-state index in [1.54, 1.807) is 0 Å². The van der Waals surface area contributed by atoms with Crippen LogP contribution in [0.5, 0.6) is 0 Å². The molecule has 0 radical (unpaired) electrons. The van der Waals surface area contributed by atoms with Crippen molar-refractivity contribution in [3.8, 4) is 6.07 Å². The summed E-state index contributed by atoms with van der Waals surface area (Å²) in [7, 11) is 0. The van der Waals surface area contributed by atoms with Crippen LogP contribution in [0.15, 0.2) is 24.3 Å². The van der Waals surface area contributed by atoms with Crippen LogP contribution in [0.2, 0.25) is 0 Å². The summed E-state index contributed by atoms with van der Waals surface area (Å²) in [5, 5.41) is 9.31. The Morgan fingerprint density at radius 2 is 2.04 bits per heavy atom. The van der Waals surface area contributed by atoms with Crippen LogP contribution in [-0.4, -0.2) is 57.1 Å². The van der Waals surface area contributed by atoms with E-state index < -0.39 is 0 Å². The highest BCUT2D eigenvalue weighted by Gasteiger charge is 2.17. The number of benzene rings is 1. The van der Waals surface area contributed by atoms with Gasteiger partial charge in [-0.3, -0.25) is 0 Å². The normalized spacial score (nSPS) is 22.4. The summed E-state index contributed by atoms with van der Waals surface area (Å²) in [5.74, 6) is 0. The van der Waals surface area contributed by atoms with Gasteiger partial charge in [0.2, 0.25) is 0 Å². The first-order chi connectivity index (χ1) is 12.4. The largest absolute Gasteiger partial charge is 0.369 e. The maximum absolute atomic E-state index is 9.31. The van der Waals surface area contributed by atoms with Crippen LogP contribution >= 0.6 is 0 Å². The third-order valence-electron chi connectivity index (χ3n) is 5.01. The average Bonchev–Trinajstić information content (AvgIpc) is 2.92. The fourth-order valence-corrected chi connectivity index (χ4v) is 3.62. The van der Waals surface area contributed by atoms with Gasteiger partial charge in [-0.2, -0.15) is 5.26 Å². The number of ether oxygens (including phenoxy) is 2. The molecule has 5 nitrogen and oxygen atoms in total.